The van der Waals surface area contributed by atoms with Crippen molar-refractivity contribution in [3.63, 3.8) is 0 Å². The minimum Gasteiger partial charge on any atom is -0.478 e. The third-order valence-corrected chi connectivity index (χ3v) is 5.03. The van der Waals surface area contributed by atoms with Crippen molar-refractivity contribution in [2.45, 2.75) is 0 Å². The van der Waals surface area contributed by atoms with Crippen LogP contribution >= 0.6 is 22.6 Å². The standard InChI is InChI=1S/C21H13IN2O5/c22-14-5-7-15(8-6-14)24-20(26)17(19(25)23-24)11-16-9-10-18(29-16)12-1-3-13(4-2-12)21(27)28/h1-11H,(H,23,25)(H,27,28)/b17-11-. The fraction of sp³-hybridized carbons (Fsp3) is 0. The van der Waals surface area contributed by atoms with Gasteiger partial charge in [-0.15, -0.1) is 0 Å². The maximum atomic E-state index is 12.7. The second-order valence-electron chi connectivity index (χ2n) is 6.20. The van der Waals surface area contributed by atoms with Crippen LogP contribution < -0.4 is 10.4 Å². The van der Waals surface area contributed by atoms with Gasteiger partial charge >= 0.3 is 5.97 Å². The van der Waals surface area contributed by atoms with E-state index < -0.39 is 17.8 Å². The SMILES string of the molecule is O=C1NN(c2ccc(I)cc2)C(=O)/C1=C\c1ccc(-c2ccc(C(=O)O)cc2)o1. The van der Waals surface area contributed by atoms with Gasteiger partial charge in [0.1, 0.15) is 17.1 Å². The van der Waals surface area contributed by atoms with Crippen molar-refractivity contribution in [3.05, 3.63) is 81.1 Å². The molecular formula is C21H13IN2O5. The second-order valence-corrected chi connectivity index (χ2v) is 7.45. The number of carbonyl (C=O) groups is 3. The number of nitrogens with one attached hydrogen (secondary N) is 1. The Morgan fingerprint density at radius 1 is 1.00 bits per heavy atom. The largest absolute Gasteiger partial charge is 0.478 e. The first-order valence-corrected chi connectivity index (χ1v) is 9.56. The number of carboxylic acids is 1. The molecule has 2 aromatic carbocycles. The van der Waals surface area contributed by atoms with E-state index >= 15 is 0 Å². The molecule has 0 radical (unpaired) electrons. The van der Waals surface area contributed by atoms with E-state index in [0.29, 0.717) is 22.8 Å². The topological polar surface area (TPSA) is 99.9 Å². The minimum atomic E-state index is -1.01. The molecule has 3 aromatic rings. The number of rotatable bonds is 4. The summed E-state index contributed by atoms with van der Waals surface area (Å²) >= 11 is 2.16. The number of furan rings is 1. The summed E-state index contributed by atoms with van der Waals surface area (Å²) in [7, 11) is 0. The Balaban J connectivity index is 1.58. The maximum Gasteiger partial charge on any atom is 0.335 e. The highest BCUT2D eigenvalue weighted by Gasteiger charge is 2.34. The highest BCUT2D eigenvalue weighted by atomic mass is 127. The summed E-state index contributed by atoms with van der Waals surface area (Å²) < 4.78 is 6.72. The molecule has 1 saturated heterocycles. The van der Waals surface area contributed by atoms with E-state index in [1.807, 2.05) is 12.1 Å². The van der Waals surface area contributed by atoms with Gasteiger partial charge in [-0.25, -0.2) is 9.80 Å². The first-order valence-electron chi connectivity index (χ1n) is 8.48. The molecule has 0 bridgehead atoms. The lowest BCUT2D eigenvalue weighted by Crippen LogP contribution is -2.35. The maximum absolute atomic E-state index is 12.7. The van der Waals surface area contributed by atoms with E-state index in [4.69, 9.17) is 9.52 Å². The van der Waals surface area contributed by atoms with Gasteiger partial charge in [0, 0.05) is 9.13 Å². The molecule has 1 aromatic heterocycles. The van der Waals surface area contributed by atoms with Gasteiger partial charge in [-0.05, 0) is 77.2 Å². The summed E-state index contributed by atoms with van der Waals surface area (Å²) in [6.07, 6.45) is 1.39. The molecule has 0 unspecified atom stereocenters. The van der Waals surface area contributed by atoms with E-state index in [-0.39, 0.29) is 11.1 Å². The Labute approximate surface area is 178 Å². The Kier molecular flexibility index (Phi) is 4.93. The fourth-order valence-corrected chi connectivity index (χ4v) is 3.19. The first kappa shape index (κ1) is 18.9. The molecule has 29 heavy (non-hydrogen) atoms. The van der Waals surface area contributed by atoms with Gasteiger partial charge in [0.2, 0.25) is 0 Å². The predicted molar refractivity (Wildman–Crippen MR) is 114 cm³/mol. The van der Waals surface area contributed by atoms with Gasteiger partial charge < -0.3 is 9.52 Å². The van der Waals surface area contributed by atoms with Crippen molar-refractivity contribution in [2.75, 3.05) is 5.01 Å². The average Bonchev–Trinajstić information content (AvgIpc) is 3.29. The number of hydrogen-bond donors (Lipinski definition) is 2. The van der Waals surface area contributed by atoms with Crippen molar-refractivity contribution in [1.82, 2.24) is 5.43 Å². The quantitative estimate of drug-likeness (QED) is 0.323. The Morgan fingerprint density at radius 3 is 2.34 bits per heavy atom. The number of carbonyl (C=O) groups excluding carboxylic acids is 2. The molecule has 8 heteroatoms. The van der Waals surface area contributed by atoms with Gasteiger partial charge in [0.25, 0.3) is 11.8 Å². The predicted octanol–water partition coefficient (Wildman–Crippen LogP) is 3.71. The molecule has 0 aliphatic carbocycles. The Bertz CT molecular complexity index is 1150. The zero-order valence-electron chi connectivity index (χ0n) is 14.8. The molecule has 0 spiro atoms. The van der Waals surface area contributed by atoms with Crippen LogP contribution in [0.2, 0.25) is 0 Å². The van der Waals surface area contributed by atoms with Gasteiger partial charge in [-0.1, -0.05) is 12.1 Å². The normalized spacial score (nSPS) is 15.1. The number of amides is 2. The summed E-state index contributed by atoms with van der Waals surface area (Å²) in [5.41, 5.74) is 3.92. The van der Waals surface area contributed by atoms with E-state index in [1.165, 1.54) is 23.2 Å². The van der Waals surface area contributed by atoms with E-state index in [1.54, 1.807) is 36.4 Å². The average molecular weight is 500 g/mol. The molecule has 1 aliphatic heterocycles. The fourth-order valence-electron chi connectivity index (χ4n) is 2.83. The van der Waals surface area contributed by atoms with Gasteiger partial charge in [-0.3, -0.25) is 15.0 Å². The molecule has 2 amide bonds. The summed E-state index contributed by atoms with van der Waals surface area (Å²) in [6.45, 7) is 0. The van der Waals surface area contributed by atoms with Gasteiger partial charge in [0.05, 0.1) is 11.3 Å². The molecule has 1 aliphatic rings. The van der Waals surface area contributed by atoms with Crippen LogP contribution in [0.1, 0.15) is 16.1 Å². The highest BCUT2D eigenvalue weighted by molar-refractivity contribution is 14.1. The van der Waals surface area contributed by atoms with Crippen molar-refractivity contribution < 1.29 is 23.9 Å². The number of hydrogen-bond acceptors (Lipinski definition) is 4. The minimum absolute atomic E-state index is 0.0364. The number of anilines is 1. The lowest BCUT2D eigenvalue weighted by molar-refractivity contribution is -0.117. The molecular weight excluding hydrogens is 487 g/mol. The van der Waals surface area contributed by atoms with Crippen LogP contribution in [0.25, 0.3) is 17.4 Å². The number of hydrazine groups is 1. The summed E-state index contributed by atoms with van der Waals surface area (Å²) in [6, 6.07) is 16.7. The van der Waals surface area contributed by atoms with Gasteiger partial charge in [-0.2, -0.15) is 0 Å². The molecule has 4 rings (SSSR count). The number of aromatic carboxylic acids is 1. The molecule has 0 saturated carbocycles. The molecule has 144 valence electrons. The molecule has 2 heterocycles. The number of carboxylic acid groups (broad SMARTS) is 1. The monoisotopic (exact) mass is 500 g/mol. The zero-order chi connectivity index (χ0) is 20.5. The number of halogens is 1. The van der Waals surface area contributed by atoms with Crippen LogP contribution in [-0.4, -0.2) is 22.9 Å². The van der Waals surface area contributed by atoms with Crippen LogP contribution in [0.5, 0.6) is 0 Å². The highest BCUT2D eigenvalue weighted by Crippen LogP contribution is 2.26. The van der Waals surface area contributed by atoms with Crippen molar-refractivity contribution >= 4 is 52.1 Å². The summed E-state index contributed by atoms with van der Waals surface area (Å²) in [5, 5.41) is 10.2. The van der Waals surface area contributed by atoms with E-state index in [9.17, 15) is 14.4 Å². The Morgan fingerprint density at radius 2 is 1.69 bits per heavy atom. The molecule has 2 N–H and O–H groups in total. The van der Waals surface area contributed by atoms with E-state index in [0.717, 1.165) is 3.57 Å². The van der Waals surface area contributed by atoms with Crippen LogP contribution in [-0.2, 0) is 9.59 Å². The second kappa shape index (κ2) is 7.55. The third kappa shape index (κ3) is 3.79. The molecule has 7 nitrogen and oxygen atoms in total. The summed E-state index contributed by atoms with van der Waals surface area (Å²) in [5.74, 6) is -1.17. The van der Waals surface area contributed by atoms with Crippen LogP contribution in [0, 0.1) is 3.57 Å². The van der Waals surface area contributed by atoms with E-state index in [2.05, 4.69) is 28.0 Å². The van der Waals surface area contributed by atoms with Crippen LogP contribution in [0.4, 0.5) is 5.69 Å². The van der Waals surface area contributed by atoms with Crippen molar-refractivity contribution in [2.24, 2.45) is 0 Å². The lowest BCUT2D eigenvalue weighted by atomic mass is 10.1. The van der Waals surface area contributed by atoms with Crippen molar-refractivity contribution in [1.29, 1.82) is 0 Å². The molecule has 1 fully saturated rings. The lowest BCUT2D eigenvalue weighted by Gasteiger charge is -2.14. The smallest absolute Gasteiger partial charge is 0.335 e. The number of nitrogens with zero attached hydrogens (tertiary/aromatic N) is 1. The Hall–Kier alpha value is -3.40. The first-order chi connectivity index (χ1) is 13.9. The van der Waals surface area contributed by atoms with Crippen LogP contribution in [0.15, 0.2) is 70.7 Å². The third-order valence-electron chi connectivity index (χ3n) is 4.31. The number of benzene rings is 2. The van der Waals surface area contributed by atoms with Crippen molar-refractivity contribution in [3.8, 4) is 11.3 Å². The summed E-state index contributed by atoms with van der Waals surface area (Å²) in [4.78, 5) is 35.9. The zero-order valence-corrected chi connectivity index (χ0v) is 16.9. The molecule has 0 atom stereocenters. The van der Waals surface area contributed by atoms with Gasteiger partial charge in [0.15, 0.2) is 0 Å². The van der Waals surface area contributed by atoms with Crippen LogP contribution in [0.3, 0.4) is 0 Å².